The molecule has 6 nitrogen and oxygen atoms in total. The fraction of sp³-hybridized carbons (Fsp3) is 0.182. The number of carboxylic acids is 1. The third kappa shape index (κ3) is 2.74. The summed E-state index contributed by atoms with van der Waals surface area (Å²) in [5.74, 6) is -2.69. The van der Waals surface area contributed by atoms with Gasteiger partial charge >= 0.3 is 5.97 Å². The molecule has 3 N–H and O–H groups in total. The molecule has 2 aromatic rings. The van der Waals surface area contributed by atoms with Crippen molar-refractivity contribution in [1.29, 1.82) is 0 Å². The number of aromatic nitrogens is 3. The van der Waals surface area contributed by atoms with Gasteiger partial charge in [0, 0.05) is 12.6 Å². The summed E-state index contributed by atoms with van der Waals surface area (Å²) >= 11 is 0. The van der Waals surface area contributed by atoms with Gasteiger partial charge in [0.25, 0.3) is 0 Å². The van der Waals surface area contributed by atoms with Crippen molar-refractivity contribution in [3.63, 3.8) is 0 Å². The van der Waals surface area contributed by atoms with Crippen molar-refractivity contribution in [2.45, 2.75) is 13.1 Å². The summed E-state index contributed by atoms with van der Waals surface area (Å²) in [6.07, 6.45) is 0. The average molecular weight is 268 g/mol. The van der Waals surface area contributed by atoms with Crippen molar-refractivity contribution in [3.8, 4) is 0 Å². The number of carboxylic acid groups (broad SMARTS) is 1. The number of halogens is 2. The predicted octanol–water partition coefficient (Wildman–Crippen LogP) is 0.761. The zero-order valence-corrected chi connectivity index (χ0v) is 9.68. The van der Waals surface area contributed by atoms with E-state index >= 15 is 0 Å². The maximum Gasteiger partial charge on any atom is 0.358 e. The molecule has 2 rings (SSSR count). The molecule has 0 amide bonds. The number of carbonyl (C=O) groups is 1. The first-order chi connectivity index (χ1) is 9.01. The Bertz CT molecular complexity index is 607. The van der Waals surface area contributed by atoms with Crippen molar-refractivity contribution >= 4 is 5.97 Å². The van der Waals surface area contributed by atoms with Crippen LogP contribution >= 0.6 is 0 Å². The predicted molar refractivity (Wildman–Crippen MR) is 60.3 cm³/mol. The van der Waals surface area contributed by atoms with Gasteiger partial charge in [-0.1, -0.05) is 5.21 Å². The number of hydrogen-bond donors (Lipinski definition) is 2. The summed E-state index contributed by atoms with van der Waals surface area (Å²) in [4.78, 5) is 10.9. The van der Waals surface area contributed by atoms with E-state index in [9.17, 15) is 13.6 Å². The van der Waals surface area contributed by atoms with Crippen LogP contribution in [0.25, 0.3) is 0 Å². The molecule has 0 unspecified atom stereocenters. The maximum absolute atomic E-state index is 13.0. The minimum absolute atomic E-state index is 0.0124. The minimum Gasteiger partial charge on any atom is -0.476 e. The molecule has 0 saturated heterocycles. The smallest absolute Gasteiger partial charge is 0.358 e. The summed E-state index contributed by atoms with van der Waals surface area (Å²) in [5, 5.41) is 16.0. The summed E-state index contributed by atoms with van der Waals surface area (Å²) in [6.45, 7) is -0.103. The van der Waals surface area contributed by atoms with Crippen LogP contribution in [0, 0.1) is 11.6 Å². The average Bonchev–Trinajstić information content (AvgIpc) is 2.70. The van der Waals surface area contributed by atoms with E-state index in [0.717, 1.165) is 18.2 Å². The van der Waals surface area contributed by atoms with Crippen molar-refractivity contribution in [2.75, 3.05) is 0 Å². The van der Waals surface area contributed by atoms with Crippen LogP contribution in [-0.4, -0.2) is 26.1 Å². The largest absolute Gasteiger partial charge is 0.476 e. The van der Waals surface area contributed by atoms with Gasteiger partial charge in [0.2, 0.25) is 0 Å². The number of hydrogen-bond acceptors (Lipinski definition) is 4. The second-order valence-corrected chi connectivity index (χ2v) is 3.83. The third-order valence-electron chi connectivity index (χ3n) is 2.49. The van der Waals surface area contributed by atoms with Gasteiger partial charge in [0.15, 0.2) is 5.69 Å². The fourth-order valence-electron chi connectivity index (χ4n) is 1.70. The Morgan fingerprint density at radius 1 is 1.32 bits per heavy atom. The van der Waals surface area contributed by atoms with Gasteiger partial charge in [0.1, 0.15) is 11.6 Å². The van der Waals surface area contributed by atoms with E-state index in [0.29, 0.717) is 5.56 Å². The van der Waals surface area contributed by atoms with Crippen LogP contribution in [0.5, 0.6) is 0 Å². The maximum atomic E-state index is 13.0. The lowest BCUT2D eigenvalue weighted by atomic mass is 10.2. The zero-order valence-electron chi connectivity index (χ0n) is 9.68. The number of aromatic carboxylic acids is 1. The van der Waals surface area contributed by atoms with Crippen LogP contribution in [-0.2, 0) is 13.1 Å². The van der Waals surface area contributed by atoms with E-state index in [-0.39, 0.29) is 24.5 Å². The van der Waals surface area contributed by atoms with Gasteiger partial charge in [-0.3, -0.25) is 0 Å². The van der Waals surface area contributed by atoms with Gasteiger partial charge in [-0.15, -0.1) is 5.10 Å². The second kappa shape index (κ2) is 5.11. The number of rotatable bonds is 4. The summed E-state index contributed by atoms with van der Waals surface area (Å²) in [7, 11) is 0. The second-order valence-electron chi connectivity index (χ2n) is 3.83. The number of nitrogens with two attached hydrogens (primary N) is 1. The van der Waals surface area contributed by atoms with Crippen LogP contribution in [0.4, 0.5) is 8.78 Å². The van der Waals surface area contributed by atoms with Crippen LogP contribution in [0.3, 0.4) is 0 Å². The molecule has 0 aliphatic heterocycles. The molecule has 0 saturated carbocycles. The lowest BCUT2D eigenvalue weighted by Gasteiger charge is -2.05. The minimum atomic E-state index is -1.25. The summed E-state index contributed by atoms with van der Waals surface area (Å²) in [6, 6.07) is 3.01. The molecule has 1 heterocycles. The Kier molecular flexibility index (Phi) is 3.52. The molecule has 0 atom stereocenters. The molecule has 0 spiro atoms. The van der Waals surface area contributed by atoms with Crippen LogP contribution < -0.4 is 5.73 Å². The van der Waals surface area contributed by atoms with E-state index in [2.05, 4.69) is 10.3 Å². The Morgan fingerprint density at radius 3 is 2.47 bits per heavy atom. The van der Waals surface area contributed by atoms with E-state index in [1.807, 2.05) is 0 Å². The quantitative estimate of drug-likeness (QED) is 0.853. The van der Waals surface area contributed by atoms with Gasteiger partial charge in [-0.05, 0) is 17.7 Å². The SMILES string of the molecule is NCc1c(C(=O)O)nnn1Cc1cc(F)cc(F)c1. The summed E-state index contributed by atoms with van der Waals surface area (Å²) < 4.78 is 27.3. The molecule has 0 fully saturated rings. The molecule has 8 heteroatoms. The topological polar surface area (TPSA) is 94.0 Å². The molecule has 100 valence electrons. The molecular formula is C11H10F2N4O2. The van der Waals surface area contributed by atoms with Crippen LogP contribution in [0.15, 0.2) is 18.2 Å². The Morgan fingerprint density at radius 2 is 1.95 bits per heavy atom. The van der Waals surface area contributed by atoms with Crippen LogP contribution in [0.2, 0.25) is 0 Å². The van der Waals surface area contributed by atoms with E-state index in [4.69, 9.17) is 10.8 Å². The highest BCUT2D eigenvalue weighted by Crippen LogP contribution is 2.12. The molecule has 0 radical (unpaired) electrons. The lowest BCUT2D eigenvalue weighted by molar-refractivity contribution is 0.0689. The van der Waals surface area contributed by atoms with Crippen molar-refractivity contribution in [1.82, 2.24) is 15.0 Å². The highest BCUT2D eigenvalue weighted by molar-refractivity contribution is 5.86. The van der Waals surface area contributed by atoms with Crippen molar-refractivity contribution in [2.24, 2.45) is 5.73 Å². The number of nitrogens with zero attached hydrogens (tertiary/aromatic N) is 3. The van der Waals surface area contributed by atoms with E-state index in [1.54, 1.807) is 0 Å². The Labute approximate surface area is 106 Å². The highest BCUT2D eigenvalue weighted by atomic mass is 19.1. The third-order valence-corrected chi connectivity index (χ3v) is 2.49. The standard InChI is InChI=1S/C11H10F2N4O2/c12-7-1-6(2-8(13)3-7)5-17-9(4-14)10(11(18)19)15-16-17/h1-3H,4-5,14H2,(H,18,19). The lowest BCUT2D eigenvalue weighted by Crippen LogP contribution is -2.13. The Hall–Kier alpha value is -2.35. The van der Waals surface area contributed by atoms with Gasteiger partial charge in [-0.2, -0.15) is 0 Å². The normalized spacial score (nSPS) is 10.7. The zero-order chi connectivity index (χ0) is 14.0. The fourth-order valence-corrected chi connectivity index (χ4v) is 1.70. The molecular weight excluding hydrogens is 258 g/mol. The summed E-state index contributed by atoms with van der Waals surface area (Å²) in [5.41, 5.74) is 5.66. The molecule has 0 bridgehead atoms. The van der Waals surface area contributed by atoms with Crippen LogP contribution in [0.1, 0.15) is 21.7 Å². The first kappa shape index (κ1) is 13.1. The van der Waals surface area contributed by atoms with Gasteiger partial charge < -0.3 is 10.8 Å². The monoisotopic (exact) mass is 268 g/mol. The highest BCUT2D eigenvalue weighted by Gasteiger charge is 2.17. The molecule has 19 heavy (non-hydrogen) atoms. The van der Waals surface area contributed by atoms with Gasteiger partial charge in [0.05, 0.1) is 12.2 Å². The van der Waals surface area contributed by atoms with Crippen molar-refractivity contribution < 1.29 is 18.7 Å². The molecule has 1 aromatic carbocycles. The molecule has 0 aliphatic rings. The first-order valence-electron chi connectivity index (χ1n) is 5.32. The van der Waals surface area contributed by atoms with E-state index < -0.39 is 17.6 Å². The molecule has 1 aromatic heterocycles. The number of benzene rings is 1. The van der Waals surface area contributed by atoms with Crippen molar-refractivity contribution in [3.05, 3.63) is 46.8 Å². The van der Waals surface area contributed by atoms with E-state index in [1.165, 1.54) is 4.68 Å². The molecule has 0 aliphatic carbocycles. The Balaban J connectivity index is 2.35. The first-order valence-corrected chi connectivity index (χ1v) is 5.32. The van der Waals surface area contributed by atoms with Gasteiger partial charge in [-0.25, -0.2) is 18.3 Å².